The topological polar surface area (TPSA) is 45.6 Å². The summed E-state index contributed by atoms with van der Waals surface area (Å²) < 4.78 is 42.3. The minimum Gasteiger partial charge on any atom is -0.312 e. The quantitative estimate of drug-likeness (QED) is 0.493. The molecule has 3 aliphatic heterocycles. The zero-order chi connectivity index (χ0) is 24.3. The van der Waals surface area contributed by atoms with Crippen LogP contribution in [0.5, 0.6) is 0 Å². The summed E-state index contributed by atoms with van der Waals surface area (Å²) in [4.78, 5) is 31.0. The second kappa shape index (κ2) is 8.27. The number of hydrogen-bond acceptors (Lipinski definition) is 4. The van der Waals surface area contributed by atoms with Gasteiger partial charge < -0.3 is 4.57 Å². The Bertz CT molecular complexity index is 1390. The van der Waals surface area contributed by atoms with Gasteiger partial charge in [0.15, 0.2) is 0 Å². The first-order valence-corrected chi connectivity index (χ1v) is 12.3. The van der Waals surface area contributed by atoms with E-state index in [-0.39, 0.29) is 35.5 Å². The van der Waals surface area contributed by atoms with Crippen molar-refractivity contribution in [3.05, 3.63) is 82.3 Å². The fraction of sp³-hybridized carbons (Fsp3) is 0.308. The molecule has 0 radical (unpaired) electrons. The van der Waals surface area contributed by atoms with Crippen LogP contribution in [0.25, 0.3) is 0 Å². The third-order valence-corrected chi connectivity index (χ3v) is 8.15. The summed E-state index contributed by atoms with van der Waals surface area (Å²) in [5.74, 6) is 0.142. The lowest BCUT2D eigenvalue weighted by molar-refractivity contribution is -0.137. The monoisotopic (exact) mass is 497 g/mol. The van der Waals surface area contributed by atoms with Gasteiger partial charge in [-0.05, 0) is 48.7 Å². The van der Waals surface area contributed by atoms with Crippen molar-refractivity contribution in [2.45, 2.75) is 34.9 Å². The number of halogens is 3. The second-order valence-corrected chi connectivity index (χ2v) is 10.5. The van der Waals surface area contributed by atoms with Gasteiger partial charge in [0.1, 0.15) is 0 Å². The van der Waals surface area contributed by atoms with Gasteiger partial charge in [0, 0.05) is 47.1 Å². The summed E-state index contributed by atoms with van der Waals surface area (Å²) in [5, 5.41) is 0. The number of carbonyl (C=O) groups excluding carboxylic acids is 1. The first-order valence-electron chi connectivity index (χ1n) is 11.5. The van der Waals surface area contributed by atoms with Gasteiger partial charge >= 0.3 is 6.18 Å². The van der Waals surface area contributed by atoms with Crippen LogP contribution >= 0.6 is 11.8 Å². The van der Waals surface area contributed by atoms with Crippen LogP contribution in [0, 0.1) is 5.92 Å². The molecule has 2 unspecified atom stereocenters. The lowest BCUT2D eigenvalue weighted by Crippen LogP contribution is -2.50. The van der Waals surface area contributed by atoms with Gasteiger partial charge in [0.2, 0.25) is 5.91 Å². The van der Waals surface area contributed by atoms with Crippen molar-refractivity contribution in [2.75, 3.05) is 24.5 Å². The standard InChI is InChI=1S/C26H22F3N3O2S/c27-26(28,29)18-8-9-23-21(11-18)32(20-4-1-2-6-22(20)35-23)25(34)15-30-12-16-10-17(14-30)19-5-3-7-24(33)31(19)13-16/h1-9,11,16-17H,10,12-15H2. The van der Waals surface area contributed by atoms with E-state index in [0.717, 1.165) is 29.1 Å². The number of carbonyl (C=O) groups is 1. The van der Waals surface area contributed by atoms with Gasteiger partial charge in [0.05, 0.1) is 23.5 Å². The lowest BCUT2D eigenvalue weighted by Gasteiger charge is -2.43. The summed E-state index contributed by atoms with van der Waals surface area (Å²) in [7, 11) is 0. The summed E-state index contributed by atoms with van der Waals surface area (Å²) >= 11 is 1.37. The van der Waals surface area contributed by atoms with Crippen molar-refractivity contribution < 1.29 is 18.0 Å². The molecule has 1 aromatic heterocycles. The Labute approximate surface area is 204 Å². The molecule has 3 aliphatic rings. The molecular weight excluding hydrogens is 475 g/mol. The maximum absolute atomic E-state index is 13.7. The predicted octanol–water partition coefficient (Wildman–Crippen LogP) is 5.12. The number of amides is 1. The molecule has 6 rings (SSSR count). The fourth-order valence-electron chi connectivity index (χ4n) is 5.59. The number of aromatic nitrogens is 1. The fourth-order valence-corrected chi connectivity index (χ4v) is 6.62. The van der Waals surface area contributed by atoms with Crippen LogP contribution in [0.2, 0.25) is 0 Å². The molecule has 5 nitrogen and oxygen atoms in total. The van der Waals surface area contributed by atoms with Crippen LogP contribution in [0.1, 0.15) is 23.6 Å². The second-order valence-electron chi connectivity index (χ2n) is 9.37. The third kappa shape index (κ3) is 3.96. The Morgan fingerprint density at radius 2 is 1.74 bits per heavy atom. The van der Waals surface area contributed by atoms with E-state index < -0.39 is 11.7 Å². The highest BCUT2D eigenvalue weighted by Crippen LogP contribution is 2.49. The number of benzene rings is 2. The van der Waals surface area contributed by atoms with Crippen molar-refractivity contribution in [2.24, 2.45) is 5.92 Å². The summed E-state index contributed by atoms with van der Waals surface area (Å²) in [6, 6.07) is 16.2. The van der Waals surface area contributed by atoms with Gasteiger partial charge in [-0.3, -0.25) is 19.4 Å². The van der Waals surface area contributed by atoms with E-state index in [2.05, 4.69) is 4.90 Å². The molecule has 3 aromatic rings. The smallest absolute Gasteiger partial charge is 0.312 e. The Hall–Kier alpha value is -3.04. The highest BCUT2D eigenvalue weighted by molar-refractivity contribution is 7.99. The van der Waals surface area contributed by atoms with Crippen molar-refractivity contribution in [1.82, 2.24) is 9.47 Å². The highest BCUT2D eigenvalue weighted by atomic mass is 32.2. The summed E-state index contributed by atoms with van der Waals surface area (Å²) in [6.07, 6.45) is -3.53. The molecule has 1 saturated heterocycles. The normalized spacial score (nSPS) is 21.2. The maximum Gasteiger partial charge on any atom is 0.416 e. The molecule has 9 heteroatoms. The zero-order valence-corrected chi connectivity index (χ0v) is 19.5. The average Bonchev–Trinajstić information content (AvgIpc) is 2.82. The van der Waals surface area contributed by atoms with E-state index in [9.17, 15) is 22.8 Å². The van der Waals surface area contributed by atoms with E-state index in [0.29, 0.717) is 30.2 Å². The molecule has 0 N–H and O–H groups in total. The molecule has 0 spiro atoms. The number of piperidine rings is 1. The van der Waals surface area contributed by atoms with Gasteiger partial charge in [-0.25, -0.2) is 0 Å². The summed E-state index contributed by atoms with van der Waals surface area (Å²) in [6.45, 7) is 2.02. The van der Waals surface area contributed by atoms with Crippen LogP contribution in [0.3, 0.4) is 0 Å². The number of pyridine rings is 1. The highest BCUT2D eigenvalue weighted by Gasteiger charge is 2.38. The molecule has 1 fully saturated rings. The minimum absolute atomic E-state index is 0.00114. The van der Waals surface area contributed by atoms with Crippen LogP contribution in [0.4, 0.5) is 24.5 Å². The van der Waals surface area contributed by atoms with Crippen molar-refractivity contribution in [1.29, 1.82) is 0 Å². The van der Waals surface area contributed by atoms with E-state index in [4.69, 9.17) is 0 Å². The average molecular weight is 498 g/mol. The van der Waals surface area contributed by atoms with Gasteiger partial charge in [0.25, 0.3) is 5.56 Å². The molecule has 2 bridgehead atoms. The minimum atomic E-state index is -4.50. The SMILES string of the molecule is O=C(CN1CC2CC(C1)c1cccc(=O)n1C2)N1c2ccccc2Sc2ccc(C(F)(F)F)cc21. The molecule has 2 atom stereocenters. The molecular formula is C26H22F3N3O2S. The number of alkyl halides is 3. The largest absolute Gasteiger partial charge is 0.416 e. The molecule has 2 aromatic carbocycles. The third-order valence-electron chi connectivity index (χ3n) is 7.02. The lowest BCUT2D eigenvalue weighted by atomic mass is 9.83. The van der Waals surface area contributed by atoms with Gasteiger partial charge in [-0.2, -0.15) is 13.2 Å². The maximum atomic E-state index is 13.7. The Kier molecular flexibility index (Phi) is 5.30. The van der Waals surface area contributed by atoms with Crippen molar-refractivity contribution in [3.63, 3.8) is 0 Å². The Balaban J connectivity index is 1.32. The van der Waals surface area contributed by atoms with E-state index in [1.807, 2.05) is 22.8 Å². The number of nitrogens with zero attached hydrogens (tertiary/aromatic N) is 3. The Morgan fingerprint density at radius 3 is 2.57 bits per heavy atom. The number of hydrogen-bond donors (Lipinski definition) is 0. The molecule has 1 amide bonds. The van der Waals surface area contributed by atoms with Crippen molar-refractivity contribution >= 4 is 29.0 Å². The predicted molar refractivity (Wildman–Crippen MR) is 127 cm³/mol. The van der Waals surface area contributed by atoms with Gasteiger partial charge in [-0.15, -0.1) is 0 Å². The number of likely N-dealkylation sites (tertiary alicyclic amines) is 1. The first kappa shape index (κ1) is 22.4. The van der Waals surface area contributed by atoms with Crippen LogP contribution in [-0.2, 0) is 17.5 Å². The number of fused-ring (bicyclic) bond motifs is 6. The molecule has 4 heterocycles. The van der Waals surface area contributed by atoms with E-state index in [1.165, 1.54) is 22.7 Å². The van der Waals surface area contributed by atoms with Crippen LogP contribution < -0.4 is 10.5 Å². The number of rotatable bonds is 2. The molecule has 0 saturated carbocycles. The first-order chi connectivity index (χ1) is 16.8. The number of anilines is 2. The van der Waals surface area contributed by atoms with Crippen LogP contribution in [-0.4, -0.2) is 35.0 Å². The van der Waals surface area contributed by atoms with E-state index in [1.54, 1.807) is 24.3 Å². The molecule has 35 heavy (non-hydrogen) atoms. The summed E-state index contributed by atoms with van der Waals surface area (Å²) in [5.41, 5.74) is 1.08. The van der Waals surface area contributed by atoms with Gasteiger partial charge in [-0.1, -0.05) is 30.0 Å². The molecule has 0 aliphatic carbocycles. The van der Waals surface area contributed by atoms with E-state index >= 15 is 0 Å². The zero-order valence-electron chi connectivity index (χ0n) is 18.7. The van der Waals surface area contributed by atoms with Crippen LogP contribution in [0.15, 0.2) is 75.2 Å². The number of para-hydroxylation sites is 1. The Morgan fingerprint density at radius 1 is 0.943 bits per heavy atom. The van der Waals surface area contributed by atoms with Crippen molar-refractivity contribution in [3.8, 4) is 0 Å². The molecule has 180 valence electrons.